The molecule has 1 aliphatic carbocycles. The van der Waals surface area contributed by atoms with Crippen molar-refractivity contribution in [2.45, 2.75) is 64.5 Å². The lowest BCUT2D eigenvalue weighted by molar-refractivity contribution is -0.854. The van der Waals surface area contributed by atoms with E-state index in [4.69, 9.17) is 0 Å². The molecule has 1 aromatic rings. The van der Waals surface area contributed by atoms with E-state index in [9.17, 15) is 9.18 Å². The molecule has 25 heavy (non-hydrogen) atoms. The van der Waals surface area contributed by atoms with Crippen LogP contribution in [-0.2, 0) is 4.79 Å². The summed E-state index contributed by atoms with van der Waals surface area (Å²) in [5, 5.41) is 0. The summed E-state index contributed by atoms with van der Waals surface area (Å²) in [6, 6.07) is 7.29. The topological polar surface area (TPSA) is 20.3 Å². The third-order valence-corrected chi connectivity index (χ3v) is 6.73. The lowest BCUT2D eigenvalue weighted by Crippen LogP contribution is -2.55. The lowest BCUT2D eigenvalue weighted by atomic mass is 9.85. The molecule has 0 bridgehead atoms. The van der Waals surface area contributed by atoms with E-state index in [1.807, 2.05) is 37.9 Å². The molecule has 0 spiro atoms. The molecular weight excluding hydrogens is 315 g/mol. The zero-order valence-electron chi connectivity index (χ0n) is 16.1. The van der Waals surface area contributed by atoms with Crippen molar-refractivity contribution < 1.29 is 13.7 Å². The highest BCUT2D eigenvalue weighted by atomic mass is 19.1. The number of hydrogen-bond donors (Lipinski definition) is 0. The number of rotatable bonds is 3. The molecule has 1 saturated carbocycles. The van der Waals surface area contributed by atoms with Crippen LogP contribution < -0.4 is 4.90 Å². The predicted molar refractivity (Wildman–Crippen MR) is 99.9 cm³/mol. The van der Waals surface area contributed by atoms with Gasteiger partial charge in [0.05, 0.1) is 24.8 Å². The second-order valence-corrected chi connectivity index (χ2v) is 8.70. The Morgan fingerprint density at radius 1 is 1.12 bits per heavy atom. The fraction of sp³-hybridized carbons (Fsp3) is 0.667. The van der Waals surface area contributed by atoms with Gasteiger partial charge in [-0.25, -0.2) is 9.18 Å². The van der Waals surface area contributed by atoms with Crippen molar-refractivity contribution in [1.82, 2.24) is 0 Å². The number of para-hydroxylation sites is 1. The van der Waals surface area contributed by atoms with Crippen molar-refractivity contribution in [3.8, 4) is 0 Å². The van der Waals surface area contributed by atoms with E-state index in [1.165, 1.54) is 31.7 Å². The number of quaternary nitrogens is 1. The fourth-order valence-corrected chi connectivity index (χ4v) is 5.13. The van der Waals surface area contributed by atoms with Crippen LogP contribution in [-0.4, -0.2) is 43.1 Å². The molecule has 1 aliphatic heterocycles. The van der Waals surface area contributed by atoms with Crippen molar-refractivity contribution in [3.05, 3.63) is 30.1 Å². The minimum atomic E-state index is -0.488. The average molecular weight is 347 g/mol. The summed E-state index contributed by atoms with van der Waals surface area (Å²) in [7, 11) is 4.05. The molecule has 4 heteroatoms. The van der Waals surface area contributed by atoms with Gasteiger partial charge in [0.2, 0.25) is 0 Å². The first kappa shape index (κ1) is 18.4. The Morgan fingerprint density at radius 3 is 2.32 bits per heavy atom. The van der Waals surface area contributed by atoms with Crippen LogP contribution in [0.15, 0.2) is 24.3 Å². The van der Waals surface area contributed by atoms with Gasteiger partial charge in [-0.1, -0.05) is 25.0 Å². The Hall–Kier alpha value is -1.42. The van der Waals surface area contributed by atoms with Crippen LogP contribution in [0.1, 0.15) is 52.4 Å². The molecule has 0 radical (unpaired) electrons. The first-order valence-corrected chi connectivity index (χ1v) is 9.66. The highest BCUT2D eigenvalue weighted by Gasteiger charge is 2.61. The van der Waals surface area contributed by atoms with E-state index in [2.05, 4.69) is 7.05 Å². The number of amides is 1. The maximum absolute atomic E-state index is 14.3. The van der Waals surface area contributed by atoms with Gasteiger partial charge in [0.25, 0.3) is 0 Å². The molecule has 1 aromatic carbocycles. The average Bonchev–Trinajstić information content (AvgIpc) is 2.81. The summed E-state index contributed by atoms with van der Waals surface area (Å²) in [5.41, 5.74) is 0.0978. The zero-order valence-corrected chi connectivity index (χ0v) is 16.1. The zero-order chi connectivity index (χ0) is 18.2. The molecule has 3 rings (SSSR count). The van der Waals surface area contributed by atoms with Crippen LogP contribution in [0.25, 0.3) is 0 Å². The van der Waals surface area contributed by atoms with Gasteiger partial charge in [-0.15, -0.1) is 0 Å². The fourth-order valence-electron chi connectivity index (χ4n) is 5.13. The van der Waals surface area contributed by atoms with Gasteiger partial charge in [0.15, 0.2) is 0 Å². The third-order valence-electron chi connectivity index (χ3n) is 6.73. The van der Waals surface area contributed by atoms with E-state index >= 15 is 0 Å². The first-order chi connectivity index (χ1) is 11.8. The van der Waals surface area contributed by atoms with Crippen LogP contribution >= 0.6 is 0 Å². The van der Waals surface area contributed by atoms with Gasteiger partial charge in [-0.3, -0.25) is 4.48 Å². The Bertz CT molecular complexity index is 637. The number of likely N-dealkylation sites (N-methyl/N-ethyl adjacent to an activating group) is 2. The Kier molecular flexibility index (Phi) is 4.93. The summed E-state index contributed by atoms with van der Waals surface area (Å²) in [4.78, 5) is 15.4. The van der Waals surface area contributed by atoms with E-state index in [-0.39, 0.29) is 11.9 Å². The number of carbonyl (C=O) groups is 1. The Balaban J connectivity index is 1.91. The van der Waals surface area contributed by atoms with Crippen LogP contribution in [0.4, 0.5) is 10.1 Å². The molecule has 1 unspecified atom stereocenters. The molecule has 138 valence electrons. The Labute approximate surface area is 151 Å². The molecule has 0 N–H and O–H groups in total. The molecule has 2 fully saturated rings. The molecule has 1 heterocycles. The highest BCUT2D eigenvalue weighted by Crippen LogP contribution is 2.43. The number of carbonyl (C=O) groups excluding carboxylic acids is 1. The summed E-state index contributed by atoms with van der Waals surface area (Å²) in [5.74, 6) is 0.0939. The standard InChI is InChI=1S/C21H32FN2O/c1-21(2)19(23(3)18-14-10-9-13-17(18)22)15-24(4,20(21)25)16-11-7-5-6-8-12-16/h9-10,13-14,16,19H,5-8,11-12,15H2,1-4H3/q+1/t19?,24-/m1/s1. The van der Waals surface area contributed by atoms with Crippen LogP contribution in [0.3, 0.4) is 0 Å². The second-order valence-electron chi connectivity index (χ2n) is 8.70. The molecule has 2 aliphatic rings. The predicted octanol–water partition coefficient (Wildman–Crippen LogP) is 4.37. The summed E-state index contributed by atoms with van der Waals surface area (Å²) in [6.07, 6.45) is 7.28. The van der Waals surface area contributed by atoms with Gasteiger partial charge < -0.3 is 4.90 Å². The van der Waals surface area contributed by atoms with Crippen LogP contribution in [0, 0.1) is 11.2 Å². The summed E-state index contributed by atoms with van der Waals surface area (Å²) >= 11 is 0. The summed E-state index contributed by atoms with van der Waals surface area (Å²) in [6.45, 7) is 4.84. The highest BCUT2D eigenvalue weighted by molar-refractivity contribution is 5.80. The number of anilines is 1. The molecule has 1 saturated heterocycles. The number of benzene rings is 1. The minimum Gasteiger partial charge on any atom is -0.362 e. The number of halogens is 1. The van der Waals surface area contributed by atoms with Crippen molar-refractivity contribution in [2.24, 2.45) is 5.41 Å². The molecule has 3 nitrogen and oxygen atoms in total. The monoisotopic (exact) mass is 347 g/mol. The van der Waals surface area contributed by atoms with Gasteiger partial charge in [0.1, 0.15) is 17.8 Å². The largest absolute Gasteiger partial charge is 0.362 e. The Morgan fingerprint density at radius 2 is 1.72 bits per heavy atom. The molecular formula is C21H32FN2O+. The number of hydrogen-bond acceptors (Lipinski definition) is 2. The van der Waals surface area contributed by atoms with Gasteiger partial charge in [-0.2, -0.15) is 0 Å². The molecule has 0 aromatic heterocycles. The first-order valence-electron chi connectivity index (χ1n) is 9.66. The van der Waals surface area contributed by atoms with E-state index in [0.717, 1.165) is 19.4 Å². The third kappa shape index (κ3) is 3.10. The van der Waals surface area contributed by atoms with E-state index in [1.54, 1.807) is 6.07 Å². The van der Waals surface area contributed by atoms with Crippen molar-refractivity contribution in [1.29, 1.82) is 0 Å². The maximum atomic E-state index is 14.3. The normalized spacial score (nSPS) is 30.3. The van der Waals surface area contributed by atoms with Gasteiger partial charge in [-0.05, 0) is 51.7 Å². The SMILES string of the molecule is CN(c1ccccc1F)C1C[N@+](C)(C2CCCCCC2)C(=O)C1(C)C. The molecule has 1 amide bonds. The van der Waals surface area contributed by atoms with Crippen LogP contribution in [0.5, 0.6) is 0 Å². The number of likely N-dealkylation sites (tertiary alicyclic amines) is 1. The molecule has 2 atom stereocenters. The van der Waals surface area contributed by atoms with E-state index < -0.39 is 5.41 Å². The van der Waals surface area contributed by atoms with E-state index in [0.29, 0.717) is 22.1 Å². The van der Waals surface area contributed by atoms with Crippen molar-refractivity contribution in [3.63, 3.8) is 0 Å². The van der Waals surface area contributed by atoms with Gasteiger partial charge >= 0.3 is 5.91 Å². The van der Waals surface area contributed by atoms with Crippen molar-refractivity contribution >= 4 is 11.6 Å². The smallest absolute Gasteiger partial charge is 0.321 e. The second kappa shape index (κ2) is 6.71. The number of nitrogens with zero attached hydrogens (tertiary/aromatic N) is 2. The minimum absolute atomic E-state index is 0.00477. The van der Waals surface area contributed by atoms with Crippen LogP contribution in [0.2, 0.25) is 0 Å². The van der Waals surface area contributed by atoms with Crippen molar-refractivity contribution in [2.75, 3.05) is 25.5 Å². The van der Waals surface area contributed by atoms with Gasteiger partial charge in [0, 0.05) is 7.05 Å². The summed E-state index contributed by atoms with van der Waals surface area (Å²) < 4.78 is 14.8. The lowest BCUT2D eigenvalue weighted by Gasteiger charge is -2.36. The maximum Gasteiger partial charge on any atom is 0.321 e. The quantitative estimate of drug-likeness (QED) is 0.598.